The Morgan fingerprint density at radius 1 is 1.39 bits per heavy atom. The third-order valence-electron chi connectivity index (χ3n) is 2.52. The molecule has 2 rings (SSSR count). The minimum atomic E-state index is -0.0664. The van der Waals surface area contributed by atoms with E-state index in [0.29, 0.717) is 5.17 Å². The molecule has 0 spiro atoms. The zero-order valence-electron chi connectivity index (χ0n) is 10.2. The van der Waals surface area contributed by atoms with E-state index in [1.54, 1.807) is 6.21 Å². The summed E-state index contributed by atoms with van der Waals surface area (Å²) in [5.41, 5.74) is 1.29. The number of carbonyl (C=O) groups is 1. The van der Waals surface area contributed by atoms with Crippen LogP contribution in [0.3, 0.4) is 0 Å². The van der Waals surface area contributed by atoms with E-state index < -0.39 is 0 Å². The van der Waals surface area contributed by atoms with Gasteiger partial charge in [0.05, 0.1) is 5.25 Å². The van der Waals surface area contributed by atoms with Crippen molar-refractivity contribution in [1.29, 1.82) is 0 Å². The predicted octanol–water partition coefficient (Wildman–Crippen LogP) is 2.21. The second-order valence-corrected chi connectivity index (χ2v) is 5.31. The molecule has 1 fully saturated rings. The summed E-state index contributed by atoms with van der Waals surface area (Å²) in [4.78, 5) is 11.2. The first kappa shape index (κ1) is 12.8. The third-order valence-corrected chi connectivity index (χ3v) is 3.50. The first-order valence-electron chi connectivity index (χ1n) is 5.86. The summed E-state index contributed by atoms with van der Waals surface area (Å²) in [6.45, 7) is 1.85. The van der Waals surface area contributed by atoms with Crippen LogP contribution in [0.5, 0.6) is 0 Å². The van der Waals surface area contributed by atoms with Gasteiger partial charge in [0.2, 0.25) is 5.91 Å². The van der Waals surface area contributed by atoms with Gasteiger partial charge < -0.3 is 5.32 Å². The van der Waals surface area contributed by atoms with Crippen LogP contribution < -0.4 is 5.32 Å². The number of rotatable bonds is 4. The number of nitrogens with zero attached hydrogens (tertiary/aromatic N) is 2. The quantitative estimate of drug-likeness (QED) is 0.667. The number of carbonyl (C=O) groups excluding carboxylic acids is 1. The van der Waals surface area contributed by atoms with Crippen molar-refractivity contribution in [2.75, 3.05) is 0 Å². The molecular weight excluding hydrogens is 246 g/mol. The van der Waals surface area contributed by atoms with Gasteiger partial charge in [-0.1, -0.05) is 42.1 Å². The van der Waals surface area contributed by atoms with Gasteiger partial charge in [0.1, 0.15) is 0 Å². The molecule has 1 aliphatic rings. The Kier molecular flexibility index (Phi) is 4.52. The number of benzene rings is 1. The number of thioether (sulfide) groups is 1. The van der Waals surface area contributed by atoms with Gasteiger partial charge in [-0.3, -0.25) is 4.79 Å². The van der Waals surface area contributed by atoms with Crippen LogP contribution >= 0.6 is 11.8 Å². The topological polar surface area (TPSA) is 53.8 Å². The highest BCUT2D eigenvalue weighted by Gasteiger charge is 2.25. The maximum absolute atomic E-state index is 11.2. The Bertz CT molecular complexity index is 470. The molecule has 0 bridgehead atoms. The minimum Gasteiger partial charge on any atom is -0.303 e. The second kappa shape index (κ2) is 6.35. The Hall–Kier alpha value is -1.62. The van der Waals surface area contributed by atoms with E-state index in [9.17, 15) is 4.79 Å². The van der Waals surface area contributed by atoms with Gasteiger partial charge in [-0.15, -0.1) is 5.10 Å². The van der Waals surface area contributed by atoms with Crippen molar-refractivity contribution in [3.05, 3.63) is 35.9 Å². The van der Waals surface area contributed by atoms with Crippen LogP contribution in [-0.4, -0.2) is 22.5 Å². The predicted molar refractivity (Wildman–Crippen MR) is 75.9 cm³/mol. The Labute approximate surface area is 111 Å². The van der Waals surface area contributed by atoms with Gasteiger partial charge in [0.25, 0.3) is 0 Å². The number of amides is 1. The van der Waals surface area contributed by atoms with Crippen LogP contribution in [0.25, 0.3) is 0 Å². The van der Waals surface area contributed by atoms with Gasteiger partial charge >= 0.3 is 0 Å². The minimum absolute atomic E-state index is 0.00163. The van der Waals surface area contributed by atoms with Crippen molar-refractivity contribution in [1.82, 2.24) is 5.32 Å². The molecule has 1 heterocycles. The Morgan fingerprint density at radius 2 is 2.17 bits per heavy atom. The Morgan fingerprint density at radius 3 is 2.83 bits per heavy atom. The third kappa shape index (κ3) is 3.70. The second-order valence-electron chi connectivity index (χ2n) is 3.98. The summed E-state index contributed by atoms with van der Waals surface area (Å²) in [5, 5.41) is 11.1. The van der Waals surface area contributed by atoms with Gasteiger partial charge in [-0.25, -0.2) is 0 Å². The molecule has 1 unspecified atom stereocenters. The van der Waals surface area contributed by atoms with Crippen LogP contribution in [0.4, 0.5) is 0 Å². The van der Waals surface area contributed by atoms with Crippen molar-refractivity contribution in [3.8, 4) is 0 Å². The summed E-state index contributed by atoms with van der Waals surface area (Å²) in [6, 6.07) is 10.2. The van der Waals surface area contributed by atoms with E-state index in [4.69, 9.17) is 0 Å². The summed E-state index contributed by atoms with van der Waals surface area (Å²) >= 11 is 1.40. The fourth-order valence-electron chi connectivity index (χ4n) is 1.53. The molecule has 18 heavy (non-hydrogen) atoms. The number of nitrogens with one attached hydrogen (secondary N) is 1. The van der Waals surface area contributed by atoms with Crippen molar-refractivity contribution in [2.45, 2.75) is 25.0 Å². The van der Waals surface area contributed by atoms with E-state index in [1.807, 2.05) is 25.1 Å². The number of amidine groups is 1. The van der Waals surface area contributed by atoms with E-state index in [2.05, 4.69) is 27.7 Å². The monoisotopic (exact) mass is 261 g/mol. The standard InChI is InChI=1S/C13H15N3OS/c1-10-12(17)15-13(18-10)16-14-9-5-8-11-6-3-2-4-7-11/h2-4,6-7,9-10H,5,8H2,1H3,(H,15,16,17)/b14-9+. The number of aryl methyl sites for hydroxylation is 1. The zero-order chi connectivity index (χ0) is 12.8. The smallest absolute Gasteiger partial charge is 0.239 e. The van der Waals surface area contributed by atoms with Gasteiger partial charge in [-0.2, -0.15) is 5.10 Å². The lowest BCUT2D eigenvalue weighted by Crippen LogP contribution is -2.23. The fraction of sp³-hybridized carbons (Fsp3) is 0.308. The molecule has 5 heteroatoms. The van der Waals surface area contributed by atoms with E-state index in [1.165, 1.54) is 17.3 Å². The van der Waals surface area contributed by atoms with E-state index >= 15 is 0 Å². The molecule has 1 aromatic carbocycles. The lowest BCUT2D eigenvalue weighted by atomic mass is 10.1. The summed E-state index contributed by atoms with van der Waals surface area (Å²) in [7, 11) is 0. The molecule has 0 aliphatic carbocycles. The Balaban J connectivity index is 1.76. The molecule has 0 saturated carbocycles. The highest BCUT2D eigenvalue weighted by molar-refractivity contribution is 8.15. The lowest BCUT2D eigenvalue weighted by molar-refractivity contribution is -0.118. The molecular formula is C13H15N3OS. The molecule has 1 saturated heterocycles. The highest BCUT2D eigenvalue weighted by atomic mass is 32.2. The molecule has 1 atom stereocenters. The first-order chi connectivity index (χ1) is 8.75. The van der Waals surface area contributed by atoms with Crippen LogP contribution in [0.2, 0.25) is 0 Å². The van der Waals surface area contributed by atoms with Crippen molar-refractivity contribution >= 4 is 29.1 Å². The van der Waals surface area contributed by atoms with Gasteiger partial charge in [-0.05, 0) is 25.3 Å². The van der Waals surface area contributed by atoms with Crippen LogP contribution in [0.15, 0.2) is 40.5 Å². The van der Waals surface area contributed by atoms with Crippen molar-refractivity contribution in [2.24, 2.45) is 10.2 Å². The molecule has 4 nitrogen and oxygen atoms in total. The maximum Gasteiger partial charge on any atom is 0.239 e. The van der Waals surface area contributed by atoms with Crippen LogP contribution in [0, 0.1) is 0 Å². The van der Waals surface area contributed by atoms with Gasteiger partial charge in [0.15, 0.2) is 5.17 Å². The average Bonchev–Trinajstić information content (AvgIpc) is 2.70. The fourth-order valence-corrected chi connectivity index (χ4v) is 2.29. The van der Waals surface area contributed by atoms with Gasteiger partial charge in [0, 0.05) is 6.21 Å². The van der Waals surface area contributed by atoms with E-state index in [0.717, 1.165) is 12.8 Å². The average molecular weight is 261 g/mol. The summed E-state index contributed by atoms with van der Waals surface area (Å²) in [6.07, 6.45) is 3.57. The lowest BCUT2D eigenvalue weighted by Gasteiger charge is -1.95. The number of hydrogen-bond acceptors (Lipinski definition) is 4. The van der Waals surface area contributed by atoms with Crippen LogP contribution in [0.1, 0.15) is 18.9 Å². The van der Waals surface area contributed by atoms with Crippen LogP contribution in [-0.2, 0) is 11.2 Å². The number of hydrogen-bond donors (Lipinski definition) is 1. The molecule has 0 radical (unpaired) electrons. The molecule has 1 N–H and O–H groups in total. The molecule has 0 aromatic heterocycles. The maximum atomic E-state index is 11.2. The van der Waals surface area contributed by atoms with Crippen molar-refractivity contribution in [3.63, 3.8) is 0 Å². The largest absolute Gasteiger partial charge is 0.303 e. The zero-order valence-corrected chi connectivity index (χ0v) is 11.0. The molecule has 1 aromatic rings. The highest BCUT2D eigenvalue weighted by Crippen LogP contribution is 2.18. The SMILES string of the molecule is CC1S/C(=N/N=C/CCc2ccccc2)NC1=O. The normalized spacial score (nSPS) is 21.7. The summed E-state index contributed by atoms with van der Waals surface area (Å²) < 4.78 is 0. The molecule has 1 aliphatic heterocycles. The first-order valence-corrected chi connectivity index (χ1v) is 6.74. The molecule has 1 amide bonds. The molecule has 94 valence electrons. The summed E-state index contributed by atoms with van der Waals surface area (Å²) in [5.74, 6) is -0.00163. The van der Waals surface area contributed by atoms with Crippen molar-refractivity contribution < 1.29 is 4.79 Å². The van der Waals surface area contributed by atoms with E-state index in [-0.39, 0.29) is 11.2 Å².